The Kier molecular flexibility index (Phi) is 5.97. The summed E-state index contributed by atoms with van der Waals surface area (Å²) < 4.78 is 6.81. The molecule has 3 nitrogen and oxygen atoms in total. The third-order valence-electron chi connectivity index (χ3n) is 3.13. The molecule has 1 saturated heterocycles. The van der Waals surface area contributed by atoms with Crippen molar-refractivity contribution in [2.75, 3.05) is 39.3 Å². The summed E-state index contributed by atoms with van der Waals surface area (Å²) in [6, 6.07) is 8.02. The molecule has 0 aromatic heterocycles. The Labute approximate surface area is 118 Å². The van der Waals surface area contributed by atoms with Gasteiger partial charge in [0.25, 0.3) is 0 Å². The maximum Gasteiger partial charge on any atom is 0.119 e. The van der Waals surface area contributed by atoms with Gasteiger partial charge < -0.3 is 15.0 Å². The molecule has 1 aliphatic heterocycles. The fraction of sp³-hybridized carbons (Fsp3) is 0.571. The summed E-state index contributed by atoms with van der Waals surface area (Å²) in [5.74, 6) is 0.954. The molecule has 0 amide bonds. The SMILES string of the molecule is Brc1ccc(OCCCN2CCCNCC2)cc1. The first-order chi connectivity index (χ1) is 8.84. The van der Waals surface area contributed by atoms with Gasteiger partial charge in [-0.05, 0) is 50.2 Å². The molecule has 18 heavy (non-hydrogen) atoms. The van der Waals surface area contributed by atoms with E-state index in [1.165, 1.54) is 13.0 Å². The van der Waals surface area contributed by atoms with Crippen molar-refractivity contribution in [2.45, 2.75) is 12.8 Å². The highest BCUT2D eigenvalue weighted by Gasteiger charge is 2.07. The molecule has 0 saturated carbocycles. The average molecular weight is 313 g/mol. The van der Waals surface area contributed by atoms with E-state index in [9.17, 15) is 0 Å². The molecular formula is C14H21BrN2O. The molecule has 0 bridgehead atoms. The minimum Gasteiger partial charge on any atom is -0.494 e. The fourth-order valence-corrected chi connectivity index (χ4v) is 2.40. The van der Waals surface area contributed by atoms with E-state index in [1.54, 1.807) is 0 Å². The molecule has 4 heteroatoms. The highest BCUT2D eigenvalue weighted by atomic mass is 79.9. The predicted molar refractivity (Wildman–Crippen MR) is 78.2 cm³/mol. The lowest BCUT2D eigenvalue weighted by Crippen LogP contribution is -2.29. The van der Waals surface area contributed by atoms with Crippen LogP contribution in [0.2, 0.25) is 0 Å². The third-order valence-corrected chi connectivity index (χ3v) is 3.66. The number of benzene rings is 1. The lowest BCUT2D eigenvalue weighted by molar-refractivity contribution is 0.244. The molecule has 1 heterocycles. The molecule has 1 aromatic carbocycles. The Morgan fingerprint density at radius 1 is 1.17 bits per heavy atom. The Balaban J connectivity index is 1.61. The van der Waals surface area contributed by atoms with Gasteiger partial charge in [-0.25, -0.2) is 0 Å². The first-order valence-corrected chi connectivity index (χ1v) is 7.45. The zero-order chi connectivity index (χ0) is 12.6. The van der Waals surface area contributed by atoms with E-state index in [1.807, 2.05) is 24.3 Å². The average Bonchev–Trinajstić information content (AvgIpc) is 2.65. The van der Waals surface area contributed by atoms with Crippen LogP contribution in [0.25, 0.3) is 0 Å². The molecule has 1 fully saturated rings. The molecule has 100 valence electrons. The second kappa shape index (κ2) is 7.77. The fourth-order valence-electron chi connectivity index (χ4n) is 2.13. The zero-order valence-electron chi connectivity index (χ0n) is 10.7. The second-order valence-corrected chi connectivity index (χ2v) is 5.52. The van der Waals surface area contributed by atoms with Gasteiger partial charge in [-0.3, -0.25) is 0 Å². The normalized spacial score (nSPS) is 17.4. The van der Waals surface area contributed by atoms with Gasteiger partial charge in [0.15, 0.2) is 0 Å². The second-order valence-electron chi connectivity index (χ2n) is 4.60. The molecule has 1 aromatic rings. The Bertz CT molecular complexity index is 334. The summed E-state index contributed by atoms with van der Waals surface area (Å²) in [6.45, 7) is 6.59. The van der Waals surface area contributed by atoms with Crippen LogP contribution < -0.4 is 10.1 Å². The van der Waals surface area contributed by atoms with Gasteiger partial charge in [0.2, 0.25) is 0 Å². The van der Waals surface area contributed by atoms with Gasteiger partial charge in [0.1, 0.15) is 5.75 Å². The van der Waals surface area contributed by atoms with Crippen LogP contribution in [0.3, 0.4) is 0 Å². The lowest BCUT2D eigenvalue weighted by atomic mass is 10.3. The molecule has 1 aliphatic rings. The van der Waals surface area contributed by atoms with Crippen molar-refractivity contribution in [3.05, 3.63) is 28.7 Å². The molecule has 0 spiro atoms. The van der Waals surface area contributed by atoms with Crippen molar-refractivity contribution in [3.63, 3.8) is 0 Å². The van der Waals surface area contributed by atoms with Crippen LogP contribution in [-0.4, -0.2) is 44.2 Å². The van der Waals surface area contributed by atoms with E-state index in [4.69, 9.17) is 4.74 Å². The molecule has 0 radical (unpaired) electrons. The van der Waals surface area contributed by atoms with Crippen LogP contribution in [-0.2, 0) is 0 Å². The topological polar surface area (TPSA) is 24.5 Å². The minimum atomic E-state index is 0.797. The first-order valence-electron chi connectivity index (χ1n) is 6.66. The number of nitrogens with zero attached hydrogens (tertiary/aromatic N) is 1. The summed E-state index contributed by atoms with van der Waals surface area (Å²) in [7, 11) is 0. The third kappa shape index (κ3) is 4.96. The number of hydrogen-bond acceptors (Lipinski definition) is 3. The molecular weight excluding hydrogens is 292 g/mol. The van der Waals surface area contributed by atoms with Crippen LogP contribution in [0, 0.1) is 0 Å². The number of hydrogen-bond donors (Lipinski definition) is 1. The summed E-state index contributed by atoms with van der Waals surface area (Å²) in [4.78, 5) is 2.52. The quantitative estimate of drug-likeness (QED) is 0.846. The van der Waals surface area contributed by atoms with Crippen LogP contribution in [0.5, 0.6) is 5.75 Å². The highest BCUT2D eigenvalue weighted by Crippen LogP contribution is 2.16. The molecule has 0 aliphatic carbocycles. The maximum absolute atomic E-state index is 5.72. The van der Waals surface area contributed by atoms with E-state index in [0.717, 1.165) is 49.4 Å². The van der Waals surface area contributed by atoms with Gasteiger partial charge in [-0.1, -0.05) is 15.9 Å². The van der Waals surface area contributed by atoms with Gasteiger partial charge in [-0.15, -0.1) is 0 Å². The Morgan fingerprint density at radius 3 is 2.83 bits per heavy atom. The monoisotopic (exact) mass is 312 g/mol. The van der Waals surface area contributed by atoms with Crippen molar-refractivity contribution < 1.29 is 4.74 Å². The number of rotatable bonds is 5. The van der Waals surface area contributed by atoms with Gasteiger partial charge >= 0.3 is 0 Å². The molecule has 0 atom stereocenters. The van der Waals surface area contributed by atoms with E-state index in [0.29, 0.717) is 0 Å². The van der Waals surface area contributed by atoms with Crippen LogP contribution in [0.4, 0.5) is 0 Å². The molecule has 1 N–H and O–H groups in total. The van der Waals surface area contributed by atoms with Gasteiger partial charge in [0.05, 0.1) is 6.61 Å². The van der Waals surface area contributed by atoms with Crippen LogP contribution >= 0.6 is 15.9 Å². The number of ether oxygens (including phenoxy) is 1. The van der Waals surface area contributed by atoms with Crippen molar-refractivity contribution in [3.8, 4) is 5.75 Å². The summed E-state index contributed by atoms with van der Waals surface area (Å²) in [6.07, 6.45) is 2.35. The first kappa shape index (κ1) is 13.8. The van der Waals surface area contributed by atoms with Crippen LogP contribution in [0.15, 0.2) is 28.7 Å². The van der Waals surface area contributed by atoms with E-state index in [2.05, 4.69) is 26.1 Å². The van der Waals surface area contributed by atoms with Crippen LogP contribution in [0.1, 0.15) is 12.8 Å². The number of nitrogens with one attached hydrogen (secondary N) is 1. The molecule has 0 unspecified atom stereocenters. The standard InChI is InChI=1S/C14H21BrN2O/c15-13-3-5-14(6-4-13)18-12-2-10-17-9-1-7-16-8-11-17/h3-6,16H,1-2,7-12H2. The number of halogens is 1. The summed E-state index contributed by atoms with van der Waals surface area (Å²) in [5.41, 5.74) is 0. The van der Waals surface area contributed by atoms with Crippen molar-refractivity contribution >= 4 is 15.9 Å². The largest absolute Gasteiger partial charge is 0.494 e. The summed E-state index contributed by atoms with van der Waals surface area (Å²) in [5, 5.41) is 3.42. The minimum absolute atomic E-state index is 0.797. The Morgan fingerprint density at radius 2 is 2.00 bits per heavy atom. The maximum atomic E-state index is 5.72. The highest BCUT2D eigenvalue weighted by molar-refractivity contribution is 9.10. The lowest BCUT2D eigenvalue weighted by Gasteiger charge is -2.19. The van der Waals surface area contributed by atoms with Crippen molar-refractivity contribution in [2.24, 2.45) is 0 Å². The van der Waals surface area contributed by atoms with E-state index >= 15 is 0 Å². The summed E-state index contributed by atoms with van der Waals surface area (Å²) >= 11 is 3.42. The van der Waals surface area contributed by atoms with E-state index in [-0.39, 0.29) is 0 Å². The van der Waals surface area contributed by atoms with Crippen molar-refractivity contribution in [1.82, 2.24) is 10.2 Å². The van der Waals surface area contributed by atoms with Gasteiger partial charge in [0, 0.05) is 24.1 Å². The zero-order valence-corrected chi connectivity index (χ0v) is 12.3. The molecule has 2 rings (SSSR count). The predicted octanol–water partition coefficient (Wildman–Crippen LogP) is 2.51. The van der Waals surface area contributed by atoms with Crippen molar-refractivity contribution in [1.29, 1.82) is 0 Å². The van der Waals surface area contributed by atoms with E-state index < -0.39 is 0 Å². The Hall–Kier alpha value is -0.580. The smallest absolute Gasteiger partial charge is 0.119 e. The van der Waals surface area contributed by atoms with Gasteiger partial charge in [-0.2, -0.15) is 0 Å².